The Morgan fingerprint density at radius 1 is 1.58 bits per heavy atom. The molecular formula is C11H17N5O3. The summed E-state index contributed by atoms with van der Waals surface area (Å²) in [6, 6.07) is 0.253. The van der Waals surface area contributed by atoms with E-state index in [4.69, 9.17) is 5.11 Å². The molecule has 1 saturated heterocycles. The molecule has 0 aliphatic carbocycles. The van der Waals surface area contributed by atoms with Gasteiger partial charge < -0.3 is 15.3 Å². The molecule has 19 heavy (non-hydrogen) atoms. The van der Waals surface area contributed by atoms with Gasteiger partial charge in [0.1, 0.15) is 0 Å². The van der Waals surface area contributed by atoms with Crippen molar-refractivity contribution in [3.05, 3.63) is 11.9 Å². The van der Waals surface area contributed by atoms with Gasteiger partial charge in [-0.1, -0.05) is 5.21 Å². The van der Waals surface area contributed by atoms with Crippen LogP contribution in [0.1, 0.15) is 29.9 Å². The summed E-state index contributed by atoms with van der Waals surface area (Å²) in [5.41, 5.74) is 0.263. The highest BCUT2D eigenvalue weighted by atomic mass is 16.4. The van der Waals surface area contributed by atoms with Crippen LogP contribution in [0.5, 0.6) is 0 Å². The van der Waals surface area contributed by atoms with E-state index >= 15 is 0 Å². The van der Waals surface area contributed by atoms with E-state index in [1.165, 1.54) is 4.90 Å². The first-order valence-electron chi connectivity index (χ1n) is 6.25. The monoisotopic (exact) mass is 267 g/mol. The summed E-state index contributed by atoms with van der Waals surface area (Å²) in [6.07, 6.45) is 1.55. The van der Waals surface area contributed by atoms with E-state index in [9.17, 15) is 9.59 Å². The lowest BCUT2D eigenvalue weighted by Crippen LogP contribution is -2.43. The van der Waals surface area contributed by atoms with Crippen LogP contribution in [0.2, 0.25) is 0 Å². The Kier molecular flexibility index (Phi) is 4.10. The highest BCUT2D eigenvalue weighted by molar-refractivity contribution is 5.92. The number of amides is 1. The van der Waals surface area contributed by atoms with Gasteiger partial charge in [0.2, 0.25) is 0 Å². The van der Waals surface area contributed by atoms with E-state index in [1.807, 2.05) is 0 Å². The summed E-state index contributed by atoms with van der Waals surface area (Å²) in [5, 5.41) is 19.6. The molecule has 0 bridgehead atoms. The van der Waals surface area contributed by atoms with E-state index < -0.39 is 5.97 Å². The second-order valence-electron chi connectivity index (χ2n) is 4.42. The number of carbonyl (C=O) groups excluding carboxylic acids is 1. The maximum absolute atomic E-state index is 12.1. The van der Waals surface area contributed by atoms with Crippen molar-refractivity contribution in [2.75, 3.05) is 26.2 Å². The molecule has 2 N–H and O–H groups in total. The zero-order chi connectivity index (χ0) is 13.8. The molecule has 0 aromatic carbocycles. The molecule has 8 heteroatoms. The molecule has 1 aliphatic heterocycles. The predicted octanol–water partition coefficient (Wildman–Crippen LogP) is -0.641. The number of aromatic nitrogens is 3. The second kappa shape index (κ2) is 5.79. The Labute approximate surface area is 110 Å². The van der Waals surface area contributed by atoms with Gasteiger partial charge in [-0.05, 0) is 6.92 Å². The van der Waals surface area contributed by atoms with Gasteiger partial charge in [-0.25, -0.2) is 4.68 Å². The first kappa shape index (κ1) is 13.5. The van der Waals surface area contributed by atoms with Crippen LogP contribution in [0.3, 0.4) is 0 Å². The highest BCUT2D eigenvalue weighted by Crippen LogP contribution is 2.11. The first-order valence-corrected chi connectivity index (χ1v) is 6.25. The number of rotatable bonds is 6. The van der Waals surface area contributed by atoms with Crippen molar-refractivity contribution >= 4 is 11.9 Å². The molecule has 1 aromatic heterocycles. The molecule has 2 rings (SSSR count). The summed E-state index contributed by atoms with van der Waals surface area (Å²) in [7, 11) is 0. The molecular weight excluding hydrogens is 250 g/mol. The van der Waals surface area contributed by atoms with Crippen LogP contribution in [-0.4, -0.2) is 63.1 Å². The minimum Gasteiger partial charge on any atom is -0.481 e. The molecule has 104 valence electrons. The summed E-state index contributed by atoms with van der Waals surface area (Å²) in [4.78, 5) is 24.1. The van der Waals surface area contributed by atoms with E-state index in [0.29, 0.717) is 6.54 Å². The van der Waals surface area contributed by atoms with Gasteiger partial charge in [0.25, 0.3) is 5.91 Å². The lowest BCUT2D eigenvalue weighted by Gasteiger charge is -2.26. The number of carboxylic acid groups (broad SMARTS) is 1. The molecule has 0 radical (unpaired) electrons. The first-order chi connectivity index (χ1) is 9.11. The molecule has 1 aliphatic rings. The number of hydrogen-bond donors (Lipinski definition) is 2. The van der Waals surface area contributed by atoms with Crippen LogP contribution in [0.4, 0.5) is 0 Å². The SMILES string of the molecule is CCN(CCC(=O)O)C(=O)c1cn(C2CNC2)nn1. The molecule has 0 saturated carbocycles. The summed E-state index contributed by atoms with van der Waals surface area (Å²) in [6.45, 7) is 4.09. The van der Waals surface area contributed by atoms with Crippen LogP contribution in [0, 0.1) is 0 Å². The lowest BCUT2D eigenvalue weighted by atomic mass is 10.2. The Hall–Kier alpha value is -1.96. The summed E-state index contributed by atoms with van der Waals surface area (Å²) in [5.74, 6) is -1.20. The van der Waals surface area contributed by atoms with Crippen LogP contribution in [0.15, 0.2) is 6.20 Å². The van der Waals surface area contributed by atoms with Crippen molar-refractivity contribution in [2.24, 2.45) is 0 Å². The lowest BCUT2D eigenvalue weighted by molar-refractivity contribution is -0.137. The number of nitrogens with zero attached hydrogens (tertiary/aromatic N) is 4. The van der Waals surface area contributed by atoms with Crippen LogP contribution in [-0.2, 0) is 4.79 Å². The Balaban J connectivity index is 1.99. The molecule has 0 unspecified atom stereocenters. The van der Waals surface area contributed by atoms with E-state index in [2.05, 4.69) is 15.6 Å². The third kappa shape index (κ3) is 3.08. The average Bonchev–Trinajstić information content (AvgIpc) is 2.76. The van der Waals surface area contributed by atoms with Gasteiger partial charge in [-0.2, -0.15) is 0 Å². The highest BCUT2D eigenvalue weighted by Gasteiger charge is 2.23. The van der Waals surface area contributed by atoms with Crippen molar-refractivity contribution in [3.63, 3.8) is 0 Å². The zero-order valence-electron chi connectivity index (χ0n) is 10.7. The minimum atomic E-state index is -0.921. The second-order valence-corrected chi connectivity index (χ2v) is 4.42. The predicted molar refractivity (Wildman–Crippen MR) is 65.8 cm³/mol. The van der Waals surface area contributed by atoms with Crippen LogP contribution < -0.4 is 5.32 Å². The third-order valence-electron chi connectivity index (χ3n) is 3.13. The standard InChI is InChI=1S/C11H17N5O3/c1-2-15(4-3-10(17)18)11(19)9-7-16(14-13-9)8-5-12-6-8/h7-8,12H,2-6H2,1H3,(H,17,18). The minimum absolute atomic E-state index is 0.0692. The topological polar surface area (TPSA) is 100 Å². The number of carboxylic acids is 1. The van der Waals surface area contributed by atoms with Crippen molar-refractivity contribution in [1.29, 1.82) is 0 Å². The third-order valence-corrected chi connectivity index (χ3v) is 3.13. The van der Waals surface area contributed by atoms with Gasteiger partial charge in [-0.15, -0.1) is 5.10 Å². The van der Waals surface area contributed by atoms with Crippen LogP contribution in [0.25, 0.3) is 0 Å². The average molecular weight is 267 g/mol. The van der Waals surface area contributed by atoms with Gasteiger partial charge >= 0.3 is 5.97 Å². The summed E-state index contributed by atoms with van der Waals surface area (Å²) < 4.78 is 1.68. The fraction of sp³-hybridized carbons (Fsp3) is 0.636. The molecule has 0 atom stereocenters. The smallest absolute Gasteiger partial charge is 0.305 e. The Morgan fingerprint density at radius 2 is 2.32 bits per heavy atom. The normalized spacial score (nSPS) is 15.0. The largest absolute Gasteiger partial charge is 0.481 e. The molecule has 2 heterocycles. The number of aliphatic carboxylic acids is 1. The number of hydrogen-bond acceptors (Lipinski definition) is 5. The molecule has 8 nitrogen and oxygen atoms in total. The van der Waals surface area contributed by atoms with Crippen molar-refractivity contribution in [3.8, 4) is 0 Å². The van der Waals surface area contributed by atoms with Crippen molar-refractivity contribution in [2.45, 2.75) is 19.4 Å². The number of carbonyl (C=O) groups is 2. The van der Waals surface area contributed by atoms with Crippen molar-refractivity contribution in [1.82, 2.24) is 25.2 Å². The van der Waals surface area contributed by atoms with E-state index in [-0.39, 0.29) is 30.6 Å². The quantitative estimate of drug-likeness (QED) is 0.711. The Bertz CT molecular complexity index is 469. The molecule has 0 spiro atoms. The van der Waals surface area contributed by atoms with Gasteiger partial charge in [0, 0.05) is 26.2 Å². The fourth-order valence-corrected chi connectivity index (χ4v) is 1.81. The molecule has 1 aromatic rings. The molecule has 1 amide bonds. The fourth-order valence-electron chi connectivity index (χ4n) is 1.81. The maximum Gasteiger partial charge on any atom is 0.305 e. The van der Waals surface area contributed by atoms with Crippen molar-refractivity contribution < 1.29 is 14.7 Å². The van der Waals surface area contributed by atoms with E-state index in [1.54, 1.807) is 17.8 Å². The van der Waals surface area contributed by atoms with Crippen LogP contribution >= 0.6 is 0 Å². The van der Waals surface area contributed by atoms with Gasteiger partial charge in [0.15, 0.2) is 5.69 Å². The Morgan fingerprint density at radius 3 is 2.84 bits per heavy atom. The summed E-state index contributed by atoms with van der Waals surface area (Å²) >= 11 is 0. The van der Waals surface area contributed by atoms with Gasteiger partial charge in [-0.3, -0.25) is 9.59 Å². The maximum atomic E-state index is 12.1. The van der Waals surface area contributed by atoms with Gasteiger partial charge in [0.05, 0.1) is 18.7 Å². The molecule has 1 fully saturated rings. The van der Waals surface area contributed by atoms with E-state index in [0.717, 1.165) is 13.1 Å². The number of nitrogens with one attached hydrogen (secondary N) is 1. The zero-order valence-corrected chi connectivity index (χ0v) is 10.7.